The molecule has 1 atom stereocenters. The molecule has 0 radical (unpaired) electrons. The Morgan fingerprint density at radius 3 is 3.00 bits per heavy atom. The molecule has 1 aliphatic carbocycles. The number of carbonyl (C=O) groups excluding carboxylic acids is 1. The summed E-state index contributed by atoms with van der Waals surface area (Å²) in [5.41, 5.74) is 0.943. The Bertz CT molecular complexity index is 799. The minimum absolute atomic E-state index is 0.0844. The van der Waals surface area contributed by atoms with Crippen molar-refractivity contribution in [2.24, 2.45) is 0 Å². The van der Waals surface area contributed by atoms with E-state index in [0.29, 0.717) is 25.6 Å². The molecule has 7 nitrogen and oxygen atoms in total. The molecule has 0 N–H and O–H groups in total. The molecule has 0 saturated carbocycles. The number of nitrogens with zero attached hydrogens (tertiary/aromatic N) is 5. The van der Waals surface area contributed by atoms with Gasteiger partial charge in [0.15, 0.2) is 11.6 Å². The van der Waals surface area contributed by atoms with Crippen LogP contribution >= 0.6 is 0 Å². The Morgan fingerprint density at radius 1 is 1.32 bits per heavy atom. The second kappa shape index (κ2) is 6.66. The van der Waals surface area contributed by atoms with Gasteiger partial charge >= 0.3 is 0 Å². The lowest BCUT2D eigenvalue weighted by Gasteiger charge is -2.34. The number of fused-ring (bicyclic) bond motifs is 1. The summed E-state index contributed by atoms with van der Waals surface area (Å²) in [6, 6.07) is 5.45. The highest BCUT2D eigenvalue weighted by Crippen LogP contribution is 2.28. The molecule has 0 spiro atoms. The molecular weight excluding hydrogens is 318 g/mol. The lowest BCUT2D eigenvalue weighted by Crippen LogP contribution is -2.42. The number of pyridine rings is 1. The summed E-state index contributed by atoms with van der Waals surface area (Å²) in [7, 11) is 0. The van der Waals surface area contributed by atoms with Gasteiger partial charge < -0.3 is 14.2 Å². The van der Waals surface area contributed by atoms with Crippen molar-refractivity contribution in [3.05, 3.63) is 47.7 Å². The zero-order chi connectivity index (χ0) is 17.2. The van der Waals surface area contributed by atoms with Crippen LogP contribution in [0.5, 0.6) is 5.88 Å². The topological polar surface area (TPSA) is 73.1 Å². The normalized spacial score (nSPS) is 19.5. The maximum Gasteiger partial charge on any atom is 0.250 e. The van der Waals surface area contributed by atoms with E-state index in [0.717, 1.165) is 36.5 Å². The Labute approximate surface area is 146 Å². The first-order chi connectivity index (χ1) is 12.2. The maximum atomic E-state index is 12.7. The molecule has 0 aromatic carbocycles. The number of hydrogen-bond acceptors (Lipinski definition) is 5. The summed E-state index contributed by atoms with van der Waals surface area (Å²) in [5, 5.41) is 8.57. The number of carbonyl (C=O) groups is 1. The summed E-state index contributed by atoms with van der Waals surface area (Å²) in [4.78, 5) is 18.8. The summed E-state index contributed by atoms with van der Waals surface area (Å²) >= 11 is 0. The Balaban J connectivity index is 1.48. The van der Waals surface area contributed by atoms with Crippen molar-refractivity contribution in [2.45, 2.75) is 45.4 Å². The van der Waals surface area contributed by atoms with Crippen molar-refractivity contribution in [1.29, 1.82) is 0 Å². The number of allylic oxidation sites excluding steroid dienone is 1. The van der Waals surface area contributed by atoms with Crippen molar-refractivity contribution >= 4 is 5.91 Å². The predicted molar refractivity (Wildman–Crippen MR) is 90.7 cm³/mol. The lowest BCUT2D eigenvalue weighted by atomic mass is 10.1. The van der Waals surface area contributed by atoms with E-state index in [-0.39, 0.29) is 11.9 Å². The van der Waals surface area contributed by atoms with Crippen LogP contribution in [0.3, 0.4) is 0 Å². The average Bonchev–Trinajstić information content (AvgIpc) is 3.31. The van der Waals surface area contributed by atoms with Crippen LogP contribution in [0, 0.1) is 0 Å². The monoisotopic (exact) mass is 339 g/mol. The molecule has 0 fully saturated rings. The third kappa shape index (κ3) is 3.01. The number of hydrogen-bond donors (Lipinski definition) is 0. The molecule has 2 aromatic rings. The molecule has 130 valence electrons. The second-order valence-electron chi connectivity index (χ2n) is 6.38. The van der Waals surface area contributed by atoms with Crippen LogP contribution in [0.15, 0.2) is 36.0 Å². The van der Waals surface area contributed by atoms with E-state index in [9.17, 15) is 4.79 Å². The summed E-state index contributed by atoms with van der Waals surface area (Å²) in [6.07, 6.45) is 6.74. The fraction of sp³-hybridized carbons (Fsp3) is 0.444. The first-order valence-corrected chi connectivity index (χ1v) is 8.70. The highest BCUT2D eigenvalue weighted by atomic mass is 16.5. The van der Waals surface area contributed by atoms with Gasteiger partial charge in [-0.05, 0) is 32.3 Å². The van der Waals surface area contributed by atoms with E-state index in [1.54, 1.807) is 6.20 Å². The molecule has 1 amide bonds. The third-order valence-corrected chi connectivity index (χ3v) is 4.83. The molecular formula is C18H21N5O2. The van der Waals surface area contributed by atoms with Gasteiger partial charge in [0.1, 0.15) is 6.61 Å². The van der Waals surface area contributed by atoms with Gasteiger partial charge in [0.2, 0.25) is 11.8 Å². The molecule has 7 heteroatoms. The SMILES string of the molecule is C[C@H]1c2nnc(COc3ccccn3)n2CCN1C(=O)C1=CCCC1. The maximum absolute atomic E-state index is 12.7. The Kier molecular flexibility index (Phi) is 4.21. The number of amides is 1. The predicted octanol–water partition coefficient (Wildman–Crippen LogP) is 2.27. The average molecular weight is 339 g/mol. The van der Waals surface area contributed by atoms with Crippen LogP contribution in [0.25, 0.3) is 0 Å². The molecule has 2 aliphatic rings. The van der Waals surface area contributed by atoms with Gasteiger partial charge in [-0.1, -0.05) is 12.1 Å². The molecule has 4 rings (SSSR count). The van der Waals surface area contributed by atoms with E-state index < -0.39 is 0 Å². The highest BCUT2D eigenvalue weighted by molar-refractivity contribution is 5.94. The van der Waals surface area contributed by atoms with Crippen molar-refractivity contribution in [1.82, 2.24) is 24.6 Å². The summed E-state index contributed by atoms with van der Waals surface area (Å²) in [6.45, 7) is 3.68. The van der Waals surface area contributed by atoms with E-state index in [1.807, 2.05) is 30.0 Å². The van der Waals surface area contributed by atoms with Crippen LogP contribution in [-0.2, 0) is 17.9 Å². The second-order valence-corrected chi connectivity index (χ2v) is 6.38. The van der Waals surface area contributed by atoms with Crippen LogP contribution < -0.4 is 4.74 Å². The number of ether oxygens (including phenoxy) is 1. The van der Waals surface area contributed by atoms with E-state index in [1.165, 1.54) is 0 Å². The minimum atomic E-state index is -0.0844. The van der Waals surface area contributed by atoms with Crippen LogP contribution in [-0.4, -0.2) is 37.1 Å². The summed E-state index contributed by atoms with van der Waals surface area (Å²) < 4.78 is 7.74. The molecule has 0 bridgehead atoms. The van der Waals surface area contributed by atoms with Gasteiger partial charge in [-0.15, -0.1) is 10.2 Å². The van der Waals surface area contributed by atoms with Crippen LogP contribution in [0.4, 0.5) is 0 Å². The molecule has 0 unspecified atom stereocenters. The fourth-order valence-corrected chi connectivity index (χ4v) is 3.45. The molecule has 3 heterocycles. The van der Waals surface area contributed by atoms with Crippen LogP contribution in [0.2, 0.25) is 0 Å². The van der Waals surface area contributed by atoms with Crippen molar-refractivity contribution in [3.8, 4) is 5.88 Å². The van der Waals surface area contributed by atoms with Crippen LogP contribution in [0.1, 0.15) is 43.9 Å². The number of rotatable bonds is 4. The molecule has 2 aromatic heterocycles. The van der Waals surface area contributed by atoms with Gasteiger partial charge in [-0.2, -0.15) is 0 Å². The molecule has 25 heavy (non-hydrogen) atoms. The van der Waals surface area contributed by atoms with E-state index in [4.69, 9.17) is 4.74 Å². The minimum Gasteiger partial charge on any atom is -0.469 e. The highest BCUT2D eigenvalue weighted by Gasteiger charge is 2.32. The van der Waals surface area contributed by atoms with Gasteiger partial charge in [0, 0.05) is 30.9 Å². The summed E-state index contributed by atoms with van der Waals surface area (Å²) in [5.74, 6) is 2.29. The van der Waals surface area contributed by atoms with Gasteiger partial charge in [-0.3, -0.25) is 4.79 Å². The Morgan fingerprint density at radius 2 is 2.24 bits per heavy atom. The lowest BCUT2D eigenvalue weighted by molar-refractivity contribution is -0.130. The third-order valence-electron chi connectivity index (χ3n) is 4.83. The zero-order valence-corrected chi connectivity index (χ0v) is 14.3. The standard InChI is InChI=1S/C18H21N5O2/c1-13-17-21-20-15(12-25-16-8-4-5-9-19-16)23(17)11-10-22(13)18(24)14-6-2-3-7-14/h4-6,8-9,13H,2-3,7,10-12H2,1H3/t13-/m0/s1. The van der Waals surface area contributed by atoms with Crippen molar-refractivity contribution in [2.75, 3.05) is 6.54 Å². The number of aromatic nitrogens is 4. The fourth-order valence-electron chi connectivity index (χ4n) is 3.45. The largest absolute Gasteiger partial charge is 0.469 e. The van der Waals surface area contributed by atoms with Crippen molar-refractivity contribution < 1.29 is 9.53 Å². The Hall–Kier alpha value is -2.70. The first kappa shape index (κ1) is 15.8. The van der Waals surface area contributed by atoms with Gasteiger partial charge in [0.05, 0.1) is 6.04 Å². The van der Waals surface area contributed by atoms with E-state index in [2.05, 4.69) is 25.8 Å². The quantitative estimate of drug-likeness (QED) is 0.854. The van der Waals surface area contributed by atoms with Gasteiger partial charge in [-0.25, -0.2) is 4.98 Å². The van der Waals surface area contributed by atoms with E-state index >= 15 is 0 Å². The first-order valence-electron chi connectivity index (χ1n) is 8.70. The van der Waals surface area contributed by atoms with Crippen molar-refractivity contribution in [3.63, 3.8) is 0 Å². The molecule has 1 aliphatic heterocycles. The molecule has 0 saturated heterocycles. The zero-order valence-electron chi connectivity index (χ0n) is 14.3. The smallest absolute Gasteiger partial charge is 0.250 e. The van der Waals surface area contributed by atoms with Gasteiger partial charge in [0.25, 0.3) is 0 Å².